The molecule has 7 nitrogen and oxygen atoms in total. The second-order valence-electron chi connectivity index (χ2n) is 5.81. The predicted octanol–water partition coefficient (Wildman–Crippen LogP) is 2.61. The Labute approximate surface area is 147 Å². The summed E-state index contributed by atoms with van der Waals surface area (Å²) in [6.45, 7) is 6.05. The van der Waals surface area contributed by atoms with Gasteiger partial charge in [0.2, 0.25) is 0 Å². The number of nitrogens with zero attached hydrogens (tertiary/aromatic N) is 5. The molecule has 25 heavy (non-hydrogen) atoms. The molecule has 0 amide bonds. The Morgan fingerprint density at radius 3 is 2.84 bits per heavy atom. The van der Waals surface area contributed by atoms with Gasteiger partial charge in [0.05, 0.1) is 19.3 Å². The molecule has 0 aliphatic carbocycles. The van der Waals surface area contributed by atoms with E-state index in [0.29, 0.717) is 19.0 Å². The quantitative estimate of drug-likeness (QED) is 0.713. The summed E-state index contributed by atoms with van der Waals surface area (Å²) < 4.78 is 6.94. The summed E-state index contributed by atoms with van der Waals surface area (Å²) in [6, 6.07) is 3.84. The Kier molecular flexibility index (Phi) is 5.35. The molecule has 0 spiro atoms. The van der Waals surface area contributed by atoms with Gasteiger partial charge >= 0.3 is 0 Å². The summed E-state index contributed by atoms with van der Waals surface area (Å²) >= 11 is 0. The van der Waals surface area contributed by atoms with E-state index < -0.39 is 0 Å². The number of rotatable bonds is 7. The average Bonchev–Trinajstić information content (AvgIpc) is 3.09. The number of aromatic nitrogens is 5. The lowest BCUT2D eigenvalue weighted by molar-refractivity contribution is 0.183. The van der Waals surface area contributed by atoms with E-state index in [9.17, 15) is 0 Å². The van der Waals surface area contributed by atoms with Crippen molar-refractivity contribution in [2.75, 3.05) is 19.0 Å². The first kappa shape index (κ1) is 17.0. The van der Waals surface area contributed by atoms with E-state index in [1.54, 1.807) is 19.5 Å². The van der Waals surface area contributed by atoms with Crippen LogP contribution in [0.1, 0.15) is 16.8 Å². The van der Waals surface area contributed by atoms with Crippen LogP contribution in [0.2, 0.25) is 0 Å². The third kappa shape index (κ3) is 4.19. The summed E-state index contributed by atoms with van der Waals surface area (Å²) in [5, 5.41) is 7.72. The van der Waals surface area contributed by atoms with Crippen molar-refractivity contribution in [3.63, 3.8) is 0 Å². The fourth-order valence-electron chi connectivity index (χ4n) is 2.42. The molecule has 3 heterocycles. The first-order valence-corrected chi connectivity index (χ1v) is 8.17. The Balaban J connectivity index is 1.75. The molecule has 0 saturated carbocycles. The number of hydrogen-bond acceptors (Lipinski definition) is 6. The van der Waals surface area contributed by atoms with Crippen molar-refractivity contribution in [1.29, 1.82) is 0 Å². The molecule has 0 unspecified atom stereocenters. The van der Waals surface area contributed by atoms with E-state index in [1.165, 1.54) is 0 Å². The van der Waals surface area contributed by atoms with Crippen molar-refractivity contribution in [1.82, 2.24) is 24.7 Å². The highest BCUT2D eigenvalue weighted by Crippen LogP contribution is 2.21. The summed E-state index contributed by atoms with van der Waals surface area (Å²) in [5.41, 5.74) is 3.99. The Morgan fingerprint density at radius 1 is 1.20 bits per heavy atom. The van der Waals surface area contributed by atoms with Crippen LogP contribution in [-0.4, -0.2) is 38.4 Å². The molecule has 3 aromatic rings. The lowest BCUT2D eigenvalue weighted by Crippen LogP contribution is -2.07. The van der Waals surface area contributed by atoms with Gasteiger partial charge in [0.25, 0.3) is 0 Å². The minimum atomic E-state index is 0.646. The van der Waals surface area contributed by atoms with Gasteiger partial charge in [-0.25, -0.2) is 9.97 Å². The number of aryl methyl sites for hydroxylation is 1. The average molecular weight is 338 g/mol. The number of nitrogens with one attached hydrogen (secondary N) is 1. The first-order chi connectivity index (χ1) is 12.2. The highest BCUT2D eigenvalue weighted by molar-refractivity contribution is 5.58. The number of hydrogen-bond donors (Lipinski definition) is 1. The van der Waals surface area contributed by atoms with E-state index in [0.717, 1.165) is 34.7 Å². The van der Waals surface area contributed by atoms with Gasteiger partial charge in [-0.2, -0.15) is 5.10 Å². The molecule has 0 saturated heterocycles. The lowest BCUT2D eigenvalue weighted by atomic mass is 10.2. The van der Waals surface area contributed by atoms with Crippen molar-refractivity contribution >= 4 is 5.82 Å². The molecule has 1 N–H and O–H groups in total. The summed E-state index contributed by atoms with van der Waals surface area (Å²) in [5.74, 6) is 1.51. The zero-order valence-electron chi connectivity index (χ0n) is 14.7. The first-order valence-electron chi connectivity index (χ1n) is 8.17. The minimum absolute atomic E-state index is 0.646. The highest BCUT2D eigenvalue weighted by Gasteiger charge is 2.10. The van der Waals surface area contributed by atoms with Crippen LogP contribution in [0.3, 0.4) is 0 Å². The van der Waals surface area contributed by atoms with E-state index in [-0.39, 0.29) is 0 Å². The van der Waals surface area contributed by atoms with Gasteiger partial charge in [-0.05, 0) is 26.0 Å². The van der Waals surface area contributed by atoms with Crippen molar-refractivity contribution in [3.05, 3.63) is 53.7 Å². The fraction of sp³-hybridized carbons (Fsp3) is 0.333. The molecule has 130 valence electrons. The molecule has 0 radical (unpaired) electrons. The van der Waals surface area contributed by atoms with Crippen molar-refractivity contribution < 1.29 is 4.74 Å². The van der Waals surface area contributed by atoms with Gasteiger partial charge in [0.15, 0.2) is 5.82 Å². The van der Waals surface area contributed by atoms with Gasteiger partial charge < -0.3 is 10.1 Å². The third-order valence-electron chi connectivity index (χ3n) is 3.98. The lowest BCUT2D eigenvalue weighted by Gasteiger charge is -2.11. The number of methoxy groups -OCH3 is 1. The Morgan fingerprint density at radius 2 is 2.08 bits per heavy atom. The van der Waals surface area contributed by atoms with Crippen molar-refractivity contribution in [2.24, 2.45) is 0 Å². The van der Waals surface area contributed by atoms with Gasteiger partial charge in [-0.3, -0.25) is 9.67 Å². The second kappa shape index (κ2) is 7.85. The molecule has 0 bridgehead atoms. The topological polar surface area (TPSA) is 77.8 Å². The molecular weight excluding hydrogens is 316 g/mol. The van der Waals surface area contributed by atoms with Crippen LogP contribution in [0.25, 0.3) is 11.4 Å². The maximum Gasteiger partial charge on any atom is 0.163 e. The zero-order chi connectivity index (χ0) is 17.6. The maximum atomic E-state index is 5.07. The molecule has 0 aliphatic heterocycles. The molecular formula is C18H22N6O. The van der Waals surface area contributed by atoms with E-state index in [2.05, 4.69) is 25.4 Å². The fourth-order valence-corrected chi connectivity index (χ4v) is 2.42. The summed E-state index contributed by atoms with van der Waals surface area (Å²) in [4.78, 5) is 13.4. The molecule has 0 aromatic carbocycles. The van der Waals surface area contributed by atoms with Crippen molar-refractivity contribution in [3.8, 4) is 11.4 Å². The minimum Gasteiger partial charge on any atom is -0.383 e. The van der Waals surface area contributed by atoms with Crippen molar-refractivity contribution in [2.45, 2.75) is 26.9 Å². The number of anilines is 1. The van der Waals surface area contributed by atoms with Crippen LogP contribution >= 0.6 is 0 Å². The van der Waals surface area contributed by atoms with Crippen LogP contribution in [0.5, 0.6) is 0 Å². The molecule has 0 atom stereocenters. The van der Waals surface area contributed by atoms with Gasteiger partial charge in [0.1, 0.15) is 5.82 Å². The van der Waals surface area contributed by atoms with Gasteiger partial charge in [-0.1, -0.05) is 0 Å². The zero-order valence-corrected chi connectivity index (χ0v) is 14.7. The predicted molar refractivity (Wildman–Crippen MR) is 96.2 cm³/mol. The molecule has 3 rings (SSSR count). The molecule has 0 fully saturated rings. The SMILES string of the molecule is COCCn1cc(CNc2nc(-c3cccnc3)nc(C)c2C)cn1. The summed E-state index contributed by atoms with van der Waals surface area (Å²) in [6.07, 6.45) is 7.38. The molecule has 7 heteroatoms. The maximum absolute atomic E-state index is 5.07. The summed E-state index contributed by atoms with van der Waals surface area (Å²) in [7, 11) is 1.69. The monoisotopic (exact) mass is 338 g/mol. The Hall–Kier alpha value is -2.80. The van der Waals surface area contributed by atoms with Gasteiger partial charge in [0, 0.05) is 54.6 Å². The van der Waals surface area contributed by atoms with Crippen LogP contribution < -0.4 is 5.32 Å². The second-order valence-corrected chi connectivity index (χ2v) is 5.81. The van der Waals surface area contributed by atoms with Crippen LogP contribution in [0.15, 0.2) is 36.9 Å². The smallest absolute Gasteiger partial charge is 0.163 e. The Bertz CT molecular complexity index is 831. The third-order valence-corrected chi connectivity index (χ3v) is 3.98. The van der Waals surface area contributed by atoms with Crippen LogP contribution in [-0.2, 0) is 17.8 Å². The molecule has 0 aliphatic rings. The highest BCUT2D eigenvalue weighted by atomic mass is 16.5. The van der Waals surface area contributed by atoms with Crippen LogP contribution in [0.4, 0.5) is 5.82 Å². The van der Waals surface area contributed by atoms with Gasteiger partial charge in [-0.15, -0.1) is 0 Å². The standard InChI is InChI=1S/C18H22N6O/c1-13-14(2)22-18(16-5-4-6-19-11-16)23-17(13)20-9-15-10-21-24(12-15)7-8-25-3/h4-6,10-12H,7-9H2,1-3H3,(H,20,22,23). The van der Waals surface area contributed by atoms with E-state index in [4.69, 9.17) is 4.74 Å². The van der Waals surface area contributed by atoms with Crippen LogP contribution in [0, 0.1) is 13.8 Å². The largest absolute Gasteiger partial charge is 0.383 e. The number of pyridine rings is 1. The van der Waals surface area contributed by atoms with E-state index in [1.807, 2.05) is 43.1 Å². The number of ether oxygens (including phenoxy) is 1. The van der Waals surface area contributed by atoms with E-state index >= 15 is 0 Å². The molecule has 3 aromatic heterocycles. The normalized spacial score (nSPS) is 10.8.